The first-order chi connectivity index (χ1) is 9.47. The minimum atomic E-state index is -0.838. The molecule has 0 saturated carbocycles. The Morgan fingerprint density at radius 2 is 2.20 bits per heavy atom. The number of urea groups is 1. The fraction of sp³-hybridized carbons (Fsp3) is 0.429. The van der Waals surface area contributed by atoms with Crippen molar-refractivity contribution in [3.05, 3.63) is 35.6 Å². The Kier molecular flexibility index (Phi) is 4.22. The van der Waals surface area contributed by atoms with Crippen LogP contribution in [0.3, 0.4) is 0 Å². The Hall–Kier alpha value is -2.11. The lowest BCUT2D eigenvalue weighted by Gasteiger charge is -2.41. The van der Waals surface area contributed by atoms with Gasteiger partial charge in [0.25, 0.3) is 0 Å². The molecular weight excluding hydrogens is 263 g/mol. The Morgan fingerprint density at radius 3 is 2.80 bits per heavy atom. The summed E-state index contributed by atoms with van der Waals surface area (Å²) in [6, 6.07) is 5.78. The first kappa shape index (κ1) is 14.3. The molecule has 5 nitrogen and oxygen atoms in total. The molecule has 108 valence electrons. The average molecular weight is 280 g/mol. The molecule has 2 N–H and O–H groups in total. The Morgan fingerprint density at radius 1 is 1.50 bits per heavy atom. The first-order valence-corrected chi connectivity index (χ1v) is 6.47. The van der Waals surface area contributed by atoms with Crippen molar-refractivity contribution in [2.75, 3.05) is 13.1 Å². The molecule has 1 heterocycles. The van der Waals surface area contributed by atoms with Crippen molar-refractivity contribution in [2.24, 2.45) is 11.8 Å². The fourth-order valence-corrected chi connectivity index (χ4v) is 2.13. The van der Waals surface area contributed by atoms with Gasteiger partial charge in [0.1, 0.15) is 5.82 Å². The van der Waals surface area contributed by atoms with Crippen molar-refractivity contribution < 1.29 is 19.1 Å². The normalized spacial score (nSPS) is 16.4. The molecule has 0 aliphatic carbocycles. The minimum absolute atomic E-state index is 0.00687. The molecule has 0 aromatic heterocycles. The van der Waals surface area contributed by atoms with Crippen molar-refractivity contribution >= 4 is 12.0 Å². The lowest BCUT2D eigenvalue weighted by molar-refractivity contribution is -0.144. The van der Waals surface area contributed by atoms with Crippen LogP contribution in [-0.2, 0) is 11.3 Å². The number of aliphatic carboxylic acids is 1. The Balaban J connectivity index is 1.76. The molecular formula is C14H17FN2O3. The lowest BCUT2D eigenvalue weighted by Crippen LogP contribution is -2.56. The van der Waals surface area contributed by atoms with Gasteiger partial charge in [0.05, 0.1) is 5.92 Å². The van der Waals surface area contributed by atoms with Crippen LogP contribution in [0, 0.1) is 17.7 Å². The highest BCUT2D eigenvalue weighted by molar-refractivity contribution is 5.76. The average Bonchev–Trinajstić information content (AvgIpc) is 2.34. The summed E-state index contributed by atoms with van der Waals surface area (Å²) in [7, 11) is 0. The van der Waals surface area contributed by atoms with Gasteiger partial charge in [-0.25, -0.2) is 9.18 Å². The molecule has 1 atom stereocenters. The summed E-state index contributed by atoms with van der Waals surface area (Å²) in [4.78, 5) is 24.2. The fourth-order valence-electron chi connectivity index (χ4n) is 2.13. The zero-order chi connectivity index (χ0) is 14.7. The number of benzene rings is 1. The number of hydrogen-bond donors (Lipinski definition) is 2. The van der Waals surface area contributed by atoms with Crippen molar-refractivity contribution in [2.45, 2.75) is 13.5 Å². The minimum Gasteiger partial charge on any atom is -0.481 e. The molecule has 6 heteroatoms. The highest BCUT2D eigenvalue weighted by atomic mass is 19.1. The van der Waals surface area contributed by atoms with E-state index in [4.69, 9.17) is 5.11 Å². The van der Waals surface area contributed by atoms with Crippen molar-refractivity contribution in [1.29, 1.82) is 0 Å². The molecule has 2 rings (SSSR count). The summed E-state index contributed by atoms with van der Waals surface area (Å²) < 4.78 is 13.0. The lowest BCUT2D eigenvalue weighted by atomic mass is 9.87. The molecule has 1 saturated heterocycles. The predicted molar refractivity (Wildman–Crippen MR) is 70.5 cm³/mol. The van der Waals surface area contributed by atoms with E-state index >= 15 is 0 Å². The summed E-state index contributed by atoms with van der Waals surface area (Å²) >= 11 is 0. The number of hydrogen-bond acceptors (Lipinski definition) is 2. The number of nitrogens with one attached hydrogen (secondary N) is 1. The highest BCUT2D eigenvalue weighted by Crippen LogP contribution is 2.23. The monoisotopic (exact) mass is 280 g/mol. The van der Waals surface area contributed by atoms with Gasteiger partial charge in [0.15, 0.2) is 0 Å². The van der Waals surface area contributed by atoms with E-state index in [1.165, 1.54) is 12.1 Å². The molecule has 0 radical (unpaired) electrons. The zero-order valence-corrected chi connectivity index (χ0v) is 11.2. The second-order valence-corrected chi connectivity index (χ2v) is 5.08. The molecule has 2 amide bonds. The molecule has 1 aliphatic rings. The molecule has 20 heavy (non-hydrogen) atoms. The van der Waals surface area contributed by atoms with Crippen molar-refractivity contribution in [1.82, 2.24) is 10.2 Å². The molecule has 1 aliphatic heterocycles. The van der Waals surface area contributed by atoms with Crippen molar-refractivity contribution in [3.8, 4) is 0 Å². The molecule has 0 bridgehead atoms. The Bertz CT molecular complexity index is 515. The van der Waals surface area contributed by atoms with E-state index in [-0.39, 0.29) is 24.3 Å². The number of rotatable bonds is 4. The van der Waals surface area contributed by atoms with Gasteiger partial charge < -0.3 is 15.3 Å². The van der Waals surface area contributed by atoms with E-state index in [0.717, 1.165) is 0 Å². The number of nitrogens with zero attached hydrogens (tertiary/aromatic N) is 1. The van der Waals surface area contributed by atoms with Gasteiger partial charge in [0, 0.05) is 25.6 Å². The Labute approximate surface area is 116 Å². The molecule has 1 aromatic rings. The van der Waals surface area contributed by atoms with Gasteiger partial charge >= 0.3 is 12.0 Å². The number of carbonyl (C=O) groups excluding carboxylic acids is 1. The molecule has 1 fully saturated rings. The van der Waals surface area contributed by atoms with E-state index in [1.807, 2.05) is 0 Å². The molecule has 0 spiro atoms. The third-order valence-corrected chi connectivity index (χ3v) is 3.63. The quantitative estimate of drug-likeness (QED) is 0.881. The van der Waals surface area contributed by atoms with Crippen LogP contribution in [0.5, 0.6) is 0 Å². The number of halogens is 1. The largest absolute Gasteiger partial charge is 0.481 e. The van der Waals surface area contributed by atoms with Crippen LogP contribution in [0.25, 0.3) is 0 Å². The SMILES string of the molecule is CC(C(=O)O)C1CN(C(=O)NCc2cccc(F)c2)C1. The second kappa shape index (κ2) is 5.90. The third kappa shape index (κ3) is 3.26. The van der Waals surface area contributed by atoms with Crippen LogP contribution < -0.4 is 5.32 Å². The number of amides is 2. The smallest absolute Gasteiger partial charge is 0.317 e. The van der Waals surface area contributed by atoms with Gasteiger partial charge in [-0.3, -0.25) is 4.79 Å². The maximum atomic E-state index is 13.0. The molecule has 1 unspecified atom stereocenters. The van der Waals surface area contributed by atoms with Gasteiger partial charge in [-0.15, -0.1) is 0 Å². The van der Waals surface area contributed by atoms with Gasteiger partial charge in [-0.2, -0.15) is 0 Å². The summed E-state index contributed by atoms with van der Waals surface area (Å²) in [5.41, 5.74) is 0.689. The number of carboxylic acid groups (broad SMARTS) is 1. The van der Waals surface area contributed by atoms with E-state index in [1.54, 1.807) is 24.0 Å². The summed E-state index contributed by atoms with van der Waals surface area (Å²) in [5, 5.41) is 11.6. The third-order valence-electron chi connectivity index (χ3n) is 3.63. The maximum Gasteiger partial charge on any atom is 0.317 e. The maximum absolute atomic E-state index is 13.0. The van der Waals surface area contributed by atoms with Gasteiger partial charge in [0.2, 0.25) is 0 Å². The van der Waals surface area contributed by atoms with Gasteiger partial charge in [-0.05, 0) is 17.7 Å². The van der Waals surface area contributed by atoms with E-state index in [9.17, 15) is 14.0 Å². The van der Waals surface area contributed by atoms with Crippen LogP contribution in [0.2, 0.25) is 0 Å². The highest BCUT2D eigenvalue weighted by Gasteiger charge is 2.36. The molecule has 1 aromatic carbocycles. The summed E-state index contributed by atoms with van der Waals surface area (Å²) in [5.74, 6) is -1.61. The number of likely N-dealkylation sites (tertiary alicyclic amines) is 1. The van der Waals surface area contributed by atoms with Crippen LogP contribution in [0.4, 0.5) is 9.18 Å². The van der Waals surface area contributed by atoms with Crippen LogP contribution in [-0.4, -0.2) is 35.1 Å². The van der Waals surface area contributed by atoms with E-state index < -0.39 is 11.9 Å². The second-order valence-electron chi connectivity index (χ2n) is 5.08. The predicted octanol–water partition coefficient (Wildman–Crippen LogP) is 1.69. The van der Waals surface area contributed by atoms with E-state index in [2.05, 4.69) is 5.32 Å². The summed E-state index contributed by atoms with van der Waals surface area (Å²) in [6.45, 7) is 2.80. The summed E-state index contributed by atoms with van der Waals surface area (Å²) in [6.07, 6.45) is 0. The number of carbonyl (C=O) groups is 2. The first-order valence-electron chi connectivity index (χ1n) is 6.47. The standard InChI is InChI=1S/C14H17FN2O3/c1-9(13(18)19)11-7-17(8-11)14(20)16-6-10-3-2-4-12(15)5-10/h2-5,9,11H,6-8H2,1H3,(H,16,20)(H,18,19). The van der Waals surface area contributed by atoms with E-state index in [0.29, 0.717) is 18.7 Å². The van der Waals surface area contributed by atoms with Crippen LogP contribution in [0.15, 0.2) is 24.3 Å². The zero-order valence-electron chi connectivity index (χ0n) is 11.2. The topological polar surface area (TPSA) is 69.6 Å². The van der Waals surface area contributed by atoms with Crippen LogP contribution in [0.1, 0.15) is 12.5 Å². The van der Waals surface area contributed by atoms with Crippen molar-refractivity contribution in [3.63, 3.8) is 0 Å². The van der Waals surface area contributed by atoms with Gasteiger partial charge in [-0.1, -0.05) is 19.1 Å². The van der Waals surface area contributed by atoms with Crippen LogP contribution >= 0.6 is 0 Å². The number of carboxylic acids is 1.